The minimum atomic E-state index is -0.740. The normalized spacial score (nSPS) is 12.6. The Hall–Kier alpha value is -1.82. The third-order valence-electron chi connectivity index (χ3n) is 2.25. The summed E-state index contributed by atoms with van der Waals surface area (Å²) in [6, 6.07) is 1.71. The van der Waals surface area contributed by atoms with Crippen LogP contribution in [0, 0.1) is 0 Å². The number of hydrogen-bond acceptors (Lipinski definition) is 5. The minimum absolute atomic E-state index is 0.373. The zero-order valence-corrected chi connectivity index (χ0v) is 8.98. The molecule has 0 aliphatic heterocycles. The summed E-state index contributed by atoms with van der Waals surface area (Å²) in [5.41, 5.74) is 0. The third kappa shape index (κ3) is 2.22. The number of aromatic nitrogens is 5. The van der Waals surface area contributed by atoms with E-state index in [0.29, 0.717) is 12.2 Å². The lowest BCUT2D eigenvalue weighted by Crippen LogP contribution is -2.11. The van der Waals surface area contributed by atoms with Crippen molar-refractivity contribution in [3.05, 3.63) is 36.4 Å². The summed E-state index contributed by atoms with van der Waals surface area (Å²) in [6.07, 6.45) is 4.33. The predicted molar refractivity (Wildman–Crippen MR) is 56.4 cm³/mol. The summed E-state index contributed by atoms with van der Waals surface area (Å²) in [7, 11) is 0. The van der Waals surface area contributed by atoms with Gasteiger partial charge in [-0.1, -0.05) is 0 Å². The second kappa shape index (κ2) is 4.80. The Labute approximate surface area is 93.0 Å². The maximum atomic E-state index is 9.91. The summed E-state index contributed by atoms with van der Waals surface area (Å²) in [6.45, 7) is 2.71. The highest BCUT2D eigenvalue weighted by Crippen LogP contribution is 2.11. The highest BCUT2D eigenvalue weighted by atomic mass is 16.3. The molecule has 2 aromatic rings. The van der Waals surface area contributed by atoms with Crippen LogP contribution in [0.4, 0.5) is 0 Å². The Balaban J connectivity index is 2.11. The quantitative estimate of drug-likeness (QED) is 0.803. The maximum absolute atomic E-state index is 9.91. The lowest BCUT2D eigenvalue weighted by molar-refractivity contribution is 0.164. The molecule has 0 radical (unpaired) electrons. The van der Waals surface area contributed by atoms with E-state index in [0.717, 1.165) is 12.4 Å². The van der Waals surface area contributed by atoms with Crippen molar-refractivity contribution in [2.75, 3.05) is 0 Å². The molecule has 1 N–H and O–H groups in total. The highest BCUT2D eigenvalue weighted by molar-refractivity contribution is 4.97. The van der Waals surface area contributed by atoms with Crippen LogP contribution in [0.15, 0.2) is 24.8 Å². The number of nitrogens with zero attached hydrogens (tertiary/aromatic N) is 5. The van der Waals surface area contributed by atoms with Crippen molar-refractivity contribution in [1.82, 2.24) is 24.7 Å². The molecule has 1 unspecified atom stereocenters. The summed E-state index contributed by atoms with van der Waals surface area (Å²) in [5.74, 6) is 1.15. The lowest BCUT2D eigenvalue weighted by atomic mass is 10.2. The van der Waals surface area contributed by atoms with E-state index in [4.69, 9.17) is 0 Å². The molecule has 0 fully saturated rings. The van der Waals surface area contributed by atoms with Crippen LogP contribution in [0.5, 0.6) is 0 Å². The van der Waals surface area contributed by atoms with Crippen LogP contribution in [0.25, 0.3) is 0 Å². The molecule has 0 saturated heterocycles. The summed E-state index contributed by atoms with van der Waals surface area (Å²) < 4.78 is 1.74. The topological polar surface area (TPSA) is 76.7 Å². The van der Waals surface area contributed by atoms with Crippen LogP contribution in [-0.4, -0.2) is 29.8 Å². The zero-order valence-electron chi connectivity index (χ0n) is 8.98. The number of hydrogen-bond donors (Lipinski definition) is 1. The van der Waals surface area contributed by atoms with E-state index in [-0.39, 0.29) is 0 Å². The van der Waals surface area contributed by atoms with Gasteiger partial charge in [0.05, 0.1) is 0 Å². The molecule has 0 saturated carbocycles. The minimum Gasteiger partial charge on any atom is -0.385 e. The van der Waals surface area contributed by atoms with E-state index in [1.165, 1.54) is 6.33 Å². The average Bonchev–Trinajstić information content (AvgIpc) is 2.77. The van der Waals surface area contributed by atoms with Gasteiger partial charge in [-0.2, -0.15) is 5.10 Å². The fourth-order valence-electron chi connectivity index (χ4n) is 1.46. The molecule has 0 aromatic carbocycles. The second-order valence-corrected chi connectivity index (χ2v) is 3.32. The molecule has 6 heteroatoms. The van der Waals surface area contributed by atoms with E-state index in [1.54, 1.807) is 23.1 Å². The van der Waals surface area contributed by atoms with Gasteiger partial charge in [-0.25, -0.2) is 15.0 Å². The van der Waals surface area contributed by atoms with Crippen LogP contribution in [0.3, 0.4) is 0 Å². The molecule has 2 rings (SSSR count). The molecule has 0 aliphatic rings. The Bertz CT molecular complexity index is 441. The van der Waals surface area contributed by atoms with Crippen LogP contribution in [0.1, 0.15) is 24.7 Å². The smallest absolute Gasteiger partial charge is 0.157 e. The molecule has 0 amide bonds. The Morgan fingerprint density at radius 3 is 2.75 bits per heavy atom. The van der Waals surface area contributed by atoms with Crippen molar-refractivity contribution in [3.63, 3.8) is 0 Å². The zero-order chi connectivity index (χ0) is 11.4. The molecule has 0 spiro atoms. The van der Waals surface area contributed by atoms with Gasteiger partial charge < -0.3 is 5.11 Å². The Morgan fingerprint density at radius 2 is 2.06 bits per heavy atom. The van der Waals surface area contributed by atoms with Crippen LogP contribution < -0.4 is 0 Å². The maximum Gasteiger partial charge on any atom is 0.157 e. The van der Waals surface area contributed by atoms with E-state index < -0.39 is 6.10 Å². The fraction of sp³-hybridized carbons (Fsp3) is 0.400. The molecular weight excluding hydrogens is 206 g/mol. The monoisotopic (exact) mass is 219 g/mol. The molecule has 0 bridgehead atoms. The third-order valence-corrected chi connectivity index (χ3v) is 2.25. The Kier molecular flexibility index (Phi) is 3.21. The summed E-state index contributed by atoms with van der Waals surface area (Å²) in [4.78, 5) is 12.1. The summed E-state index contributed by atoms with van der Waals surface area (Å²) >= 11 is 0. The largest absolute Gasteiger partial charge is 0.385 e. The van der Waals surface area contributed by atoms with Gasteiger partial charge in [0.1, 0.15) is 18.3 Å². The van der Waals surface area contributed by atoms with Crippen LogP contribution >= 0.6 is 0 Å². The molecular formula is C10H13N5O. The first-order valence-electron chi connectivity index (χ1n) is 5.13. The van der Waals surface area contributed by atoms with Gasteiger partial charge in [0, 0.05) is 25.4 Å². The lowest BCUT2D eigenvalue weighted by Gasteiger charge is -2.08. The van der Waals surface area contributed by atoms with E-state index in [1.807, 2.05) is 6.92 Å². The number of aliphatic hydroxyl groups is 1. The first-order chi connectivity index (χ1) is 7.81. The van der Waals surface area contributed by atoms with Gasteiger partial charge >= 0.3 is 0 Å². The van der Waals surface area contributed by atoms with Gasteiger partial charge in [0.2, 0.25) is 0 Å². The standard InChI is InChI=1S/C10H13N5O/c1-2-15-9(13-7-14-15)6-8(16)10-11-4-3-5-12-10/h3-5,7-8,16H,2,6H2,1H3. The van der Waals surface area contributed by atoms with Gasteiger partial charge in [-0.05, 0) is 13.0 Å². The van der Waals surface area contributed by atoms with Gasteiger partial charge in [-0.3, -0.25) is 4.68 Å². The van der Waals surface area contributed by atoms with E-state index in [2.05, 4.69) is 20.1 Å². The van der Waals surface area contributed by atoms with Gasteiger partial charge in [-0.15, -0.1) is 0 Å². The Morgan fingerprint density at radius 1 is 1.31 bits per heavy atom. The molecule has 84 valence electrons. The predicted octanol–water partition coefficient (Wildman–Crippen LogP) is 0.364. The molecule has 0 aliphatic carbocycles. The SMILES string of the molecule is CCn1ncnc1CC(O)c1ncccn1. The molecule has 16 heavy (non-hydrogen) atoms. The van der Waals surface area contributed by atoms with Crippen molar-refractivity contribution >= 4 is 0 Å². The first kappa shape index (κ1) is 10.7. The summed E-state index contributed by atoms with van der Waals surface area (Å²) in [5, 5.41) is 13.9. The van der Waals surface area contributed by atoms with Crippen LogP contribution in [-0.2, 0) is 13.0 Å². The fourth-order valence-corrected chi connectivity index (χ4v) is 1.46. The number of aliphatic hydroxyl groups excluding tert-OH is 1. The van der Waals surface area contributed by atoms with Crippen LogP contribution in [0.2, 0.25) is 0 Å². The van der Waals surface area contributed by atoms with Crippen molar-refractivity contribution in [2.24, 2.45) is 0 Å². The number of aryl methyl sites for hydroxylation is 1. The number of rotatable bonds is 4. The van der Waals surface area contributed by atoms with Crippen molar-refractivity contribution in [3.8, 4) is 0 Å². The second-order valence-electron chi connectivity index (χ2n) is 3.32. The molecule has 2 heterocycles. The molecule has 1 atom stereocenters. The van der Waals surface area contributed by atoms with Gasteiger partial charge in [0.25, 0.3) is 0 Å². The van der Waals surface area contributed by atoms with E-state index >= 15 is 0 Å². The first-order valence-corrected chi connectivity index (χ1v) is 5.13. The molecule has 2 aromatic heterocycles. The van der Waals surface area contributed by atoms with E-state index in [9.17, 15) is 5.11 Å². The molecule has 6 nitrogen and oxygen atoms in total. The van der Waals surface area contributed by atoms with Crippen molar-refractivity contribution in [2.45, 2.75) is 26.0 Å². The highest BCUT2D eigenvalue weighted by Gasteiger charge is 2.14. The average molecular weight is 219 g/mol. The van der Waals surface area contributed by atoms with Gasteiger partial charge in [0.15, 0.2) is 5.82 Å². The van der Waals surface area contributed by atoms with Crippen molar-refractivity contribution < 1.29 is 5.11 Å². The van der Waals surface area contributed by atoms with Crippen molar-refractivity contribution in [1.29, 1.82) is 0 Å².